The molecular formula is C17H14F8N6O4S2. The van der Waals surface area contributed by atoms with E-state index >= 15 is 0 Å². The smallest absolute Gasteiger partial charge is 0.388 e. The summed E-state index contributed by atoms with van der Waals surface area (Å²) in [5.41, 5.74) is 0.524. The van der Waals surface area contributed by atoms with Crippen LogP contribution < -0.4 is 9.62 Å². The fourth-order valence-electron chi connectivity index (χ4n) is 3.04. The van der Waals surface area contributed by atoms with Crippen LogP contribution in [0, 0.1) is 0 Å². The van der Waals surface area contributed by atoms with Crippen LogP contribution in [-0.2, 0) is 21.2 Å². The lowest BCUT2D eigenvalue weighted by Gasteiger charge is -2.28. The van der Waals surface area contributed by atoms with Gasteiger partial charge in [-0.05, 0) is 30.5 Å². The Labute approximate surface area is 206 Å². The van der Waals surface area contributed by atoms with Gasteiger partial charge in [0.2, 0.25) is 15.0 Å². The predicted molar refractivity (Wildman–Crippen MR) is 112 cm³/mol. The number of carbonyl (C=O) groups excluding carboxylic acids is 1. The van der Waals surface area contributed by atoms with Crippen LogP contribution in [0.5, 0.6) is 0 Å². The minimum atomic E-state index is -6.17. The van der Waals surface area contributed by atoms with Crippen LogP contribution >= 0.6 is 11.3 Å². The lowest BCUT2D eigenvalue weighted by Crippen LogP contribution is -2.40. The fourth-order valence-corrected chi connectivity index (χ4v) is 4.58. The Morgan fingerprint density at radius 3 is 2.43 bits per heavy atom. The molecule has 0 amide bonds. The largest absolute Gasteiger partial charge is 0.501 e. The Morgan fingerprint density at radius 2 is 1.81 bits per heavy atom. The predicted octanol–water partition coefficient (Wildman–Crippen LogP) is 4.95. The number of carbonyl (C=O) groups is 1. The number of aryl methyl sites for hydroxylation is 1. The maximum Gasteiger partial charge on any atom is 0.501 e. The van der Waals surface area contributed by atoms with Gasteiger partial charge in [-0.3, -0.25) is 4.72 Å². The number of hydrogen-bond acceptors (Lipinski definition) is 10. The van der Waals surface area contributed by atoms with E-state index < -0.39 is 50.3 Å². The highest BCUT2D eigenvalue weighted by atomic mass is 32.2. The molecule has 1 aromatic carbocycles. The minimum Gasteiger partial charge on any atom is -0.388 e. The first-order valence-electron chi connectivity index (χ1n) is 9.75. The zero-order valence-electron chi connectivity index (χ0n) is 18.2. The number of fused-ring (bicyclic) bond motifs is 1. The summed E-state index contributed by atoms with van der Waals surface area (Å²) in [6.07, 6.45) is -15.8. The number of alkyl halides is 8. The normalized spacial score (nSPS) is 15.1. The Morgan fingerprint density at radius 1 is 1.14 bits per heavy atom. The molecule has 0 saturated heterocycles. The monoisotopic (exact) mass is 582 g/mol. The minimum absolute atomic E-state index is 0.114. The van der Waals surface area contributed by atoms with Gasteiger partial charge in [-0.1, -0.05) is 11.3 Å². The number of hydrogen-bond donors (Lipinski definition) is 1. The Bertz CT molecular complexity index is 1310. The van der Waals surface area contributed by atoms with Crippen molar-refractivity contribution >= 4 is 49.5 Å². The quantitative estimate of drug-likeness (QED) is 0.278. The molecule has 0 spiro atoms. The molecule has 3 rings (SSSR count). The van der Waals surface area contributed by atoms with Crippen LogP contribution in [0.15, 0.2) is 22.4 Å². The van der Waals surface area contributed by atoms with E-state index in [2.05, 4.69) is 25.2 Å². The first kappa shape index (κ1) is 28.4. The van der Waals surface area contributed by atoms with E-state index in [0.29, 0.717) is 30.6 Å². The molecule has 2 heterocycles. The van der Waals surface area contributed by atoms with Gasteiger partial charge in [0.05, 0.1) is 5.69 Å². The second kappa shape index (κ2) is 9.95. The summed E-state index contributed by atoms with van der Waals surface area (Å²) >= 11 is 0.114. The number of nitrogens with one attached hydrogen (secondary N) is 1. The second-order valence-electron chi connectivity index (χ2n) is 7.49. The molecule has 0 atom stereocenters. The van der Waals surface area contributed by atoms with Crippen molar-refractivity contribution < 1.29 is 53.1 Å². The molecule has 1 aromatic heterocycles. The number of nitrogens with zero attached hydrogens (tertiary/aromatic N) is 5. The van der Waals surface area contributed by atoms with Gasteiger partial charge in [0, 0.05) is 19.3 Å². The molecule has 1 N–H and O–H groups in total. The first-order valence-corrected chi connectivity index (χ1v) is 12.2. The molecule has 1 aliphatic heterocycles. The third-order valence-corrected chi connectivity index (χ3v) is 6.58. The number of aromatic nitrogens is 2. The van der Waals surface area contributed by atoms with Gasteiger partial charge >= 0.3 is 24.4 Å². The van der Waals surface area contributed by atoms with Crippen molar-refractivity contribution in [1.29, 1.82) is 0 Å². The van der Waals surface area contributed by atoms with Crippen molar-refractivity contribution in [3.05, 3.63) is 22.7 Å². The lowest BCUT2D eigenvalue weighted by atomic mass is 10.0. The van der Waals surface area contributed by atoms with Crippen molar-refractivity contribution in [3.63, 3.8) is 0 Å². The van der Waals surface area contributed by atoms with Crippen molar-refractivity contribution in [2.45, 2.75) is 31.3 Å². The maximum absolute atomic E-state index is 12.9. The molecule has 204 valence electrons. The Balaban J connectivity index is 1.90. The average molecular weight is 582 g/mol. The summed E-state index contributed by atoms with van der Waals surface area (Å²) in [6.45, 7) is 0.583. The van der Waals surface area contributed by atoms with Crippen LogP contribution in [0.25, 0.3) is 0 Å². The second-order valence-corrected chi connectivity index (χ2v) is 10.2. The van der Waals surface area contributed by atoms with Crippen LogP contribution in [0.2, 0.25) is 0 Å². The lowest BCUT2D eigenvalue weighted by molar-refractivity contribution is -0.370. The molecule has 0 aliphatic carbocycles. The average Bonchev–Trinajstić information content (AvgIpc) is 3.19. The van der Waals surface area contributed by atoms with Crippen LogP contribution in [0.1, 0.15) is 21.8 Å². The Hall–Kier alpha value is -3.16. The standard InChI is InChI=1S/C17H14F8N6O4S2/c1-31-4-2-3-8-5-9(10(6-11(8)31)30-37(33,34)7-15(18,19)20)26-28-14-29-27-12(36-14)13(32)35-17(24,25)16(21,22)23/h5-6,30H,2-4,7H2,1H3. The summed E-state index contributed by atoms with van der Waals surface area (Å²) in [5, 5.41) is 12.0. The van der Waals surface area contributed by atoms with Crippen LogP contribution in [0.3, 0.4) is 0 Å². The summed E-state index contributed by atoms with van der Waals surface area (Å²) in [7, 11) is -3.25. The molecular weight excluding hydrogens is 568 g/mol. The third kappa shape index (κ3) is 7.21. The highest BCUT2D eigenvalue weighted by Crippen LogP contribution is 2.39. The van der Waals surface area contributed by atoms with Gasteiger partial charge in [0.15, 0.2) is 5.75 Å². The first-order chi connectivity index (χ1) is 16.9. The molecule has 1 aliphatic rings. The summed E-state index contributed by atoms with van der Waals surface area (Å²) in [5.74, 6) is -4.34. The SMILES string of the molecule is CN1CCCc2cc(N=Nc3nnc(C(=O)OC(F)(F)C(F)(F)F)s3)c(NS(=O)(=O)CC(F)(F)F)cc21. The van der Waals surface area contributed by atoms with E-state index in [1.165, 1.54) is 12.1 Å². The molecule has 0 radical (unpaired) electrons. The number of azo groups is 1. The van der Waals surface area contributed by atoms with Crippen LogP contribution in [-0.4, -0.2) is 62.4 Å². The number of ether oxygens (including phenoxy) is 1. The number of halogens is 8. The molecule has 37 heavy (non-hydrogen) atoms. The number of anilines is 2. The molecule has 2 aromatic rings. The van der Waals surface area contributed by atoms with Gasteiger partial charge < -0.3 is 9.64 Å². The number of benzene rings is 1. The van der Waals surface area contributed by atoms with E-state index in [1.54, 1.807) is 16.7 Å². The zero-order chi connectivity index (χ0) is 27.8. The number of esters is 1. The van der Waals surface area contributed by atoms with Crippen LogP contribution in [0.4, 0.5) is 57.3 Å². The van der Waals surface area contributed by atoms with E-state index in [1.807, 2.05) is 0 Å². The van der Waals surface area contributed by atoms with Gasteiger partial charge in [0.1, 0.15) is 5.69 Å². The number of rotatable bonds is 7. The van der Waals surface area contributed by atoms with E-state index in [9.17, 15) is 48.3 Å². The summed E-state index contributed by atoms with van der Waals surface area (Å²) in [4.78, 5) is 13.3. The highest BCUT2D eigenvalue weighted by Gasteiger charge is 2.62. The van der Waals surface area contributed by atoms with Gasteiger partial charge in [-0.25, -0.2) is 13.2 Å². The van der Waals surface area contributed by atoms with Crippen molar-refractivity contribution in [2.75, 3.05) is 29.0 Å². The van der Waals surface area contributed by atoms with Crippen molar-refractivity contribution in [3.8, 4) is 0 Å². The Kier molecular flexibility index (Phi) is 7.64. The van der Waals surface area contributed by atoms with Crippen molar-refractivity contribution in [2.24, 2.45) is 10.2 Å². The molecule has 0 bridgehead atoms. The van der Waals surface area contributed by atoms with Gasteiger partial charge in [-0.2, -0.15) is 35.1 Å². The van der Waals surface area contributed by atoms with Crippen molar-refractivity contribution in [1.82, 2.24) is 10.2 Å². The van der Waals surface area contributed by atoms with E-state index in [-0.39, 0.29) is 22.7 Å². The zero-order valence-corrected chi connectivity index (χ0v) is 19.8. The van der Waals surface area contributed by atoms with Gasteiger partial charge in [0.25, 0.3) is 5.13 Å². The van der Waals surface area contributed by atoms with E-state index in [0.717, 1.165) is 0 Å². The molecule has 0 unspecified atom stereocenters. The molecule has 0 saturated carbocycles. The maximum atomic E-state index is 12.9. The van der Waals surface area contributed by atoms with Gasteiger partial charge in [-0.15, -0.1) is 20.4 Å². The molecule has 0 fully saturated rings. The summed E-state index contributed by atoms with van der Waals surface area (Å²) in [6, 6.07) is 2.60. The third-order valence-electron chi connectivity index (χ3n) is 4.55. The fraction of sp³-hybridized carbons (Fsp3) is 0.471. The topological polar surface area (TPSA) is 126 Å². The van der Waals surface area contributed by atoms with E-state index in [4.69, 9.17) is 0 Å². The molecule has 20 heteroatoms. The highest BCUT2D eigenvalue weighted by molar-refractivity contribution is 7.92. The summed E-state index contributed by atoms with van der Waals surface area (Å²) < 4.78 is 129. The number of sulfonamides is 1. The molecule has 10 nitrogen and oxygen atoms in total.